The van der Waals surface area contributed by atoms with Gasteiger partial charge < -0.3 is 0 Å². The maximum absolute atomic E-state index is 12.6. The number of alkyl halides is 3. The molecule has 2 unspecified atom stereocenters. The molecule has 0 amide bonds. The Kier molecular flexibility index (Phi) is 2.95. The van der Waals surface area contributed by atoms with E-state index in [0.717, 1.165) is 5.56 Å². The molecule has 0 aliphatic carbocycles. The van der Waals surface area contributed by atoms with E-state index in [1.54, 1.807) is 30.3 Å². The Morgan fingerprint density at radius 3 is 2.29 bits per heavy atom. The van der Waals surface area contributed by atoms with Crippen molar-refractivity contribution in [3.05, 3.63) is 35.9 Å². The second kappa shape index (κ2) is 4.14. The predicted octanol–water partition coefficient (Wildman–Crippen LogP) is 2.39. The third kappa shape index (κ3) is 2.49. The van der Waals surface area contributed by atoms with Gasteiger partial charge in [0.2, 0.25) is 0 Å². The molecule has 17 heavy (non-hydrogen) atoms. The van der Waals surface area contributed by atoms with E-state index in [0.29, 0.717) is 0 Å². The highest BCUT2D eigenvalue weighted by atomic mass is 19.4. The summed E-state index contributed by atoms with van der Waals surface area (Å²) in [6.45, 7) is 1.36. The zero-order valence-electron chi connectivity index (χ0n) is 9.24. The number of carbonyl (C=O) groups excluding carboxylic acids is 1. The van der Waals surface area contributed by atoms with E-state index in [-0.39, 0.29) is 6.54 Å². The Hall–Kier alpha value is -1.36. The molecule has 1 aliphatic heterocycles. The Morgan fingerprint density at radius 2 is 1.88 bits per heavy atom. The summed E-state index contributed by atoms with van der Waals surface area (Å²) in [6.07, 6.45) is -4.33. The fourth-order valence-electron chi connectivity index (χ4n) is 2.09. The average molecular weight is 243 g/mol. The van der Waals surface area contributed by atoms with Gasteiger partial charge in [0.25, 0.3) is 0 Å². The first kappa shape index (κ1) is 12.1. The fraction of sp³-hybridized carbons (Fsp3) is 0.417. The Morgan fingerprint density at radius 1 is 1.29 bits per heavy atom. The number of hydrogen-bond donors (Lipinski definition) is 0. The van der Waals surface area contributed by atoms with Crippen molar-refractivity contribution in [2.24, 2.45) is 0 Å². The molecule has 3 atom stereocenters. The molecule has 2 nitrogen and oxygen atoms in total. The van der Waals surface area contributed by atoms with Crippen molar-refractivity contribution in [1.82, 2.24) is 4.90 Å². The summed E-state index contributed by atoms with van der Waals surface area (Å²) in [5, 5.41) is 0. The maximum Gasteiger partial charge on any atom is 0.406 e. The van der Waals surface area contributed by atoms with Crippen LogP contribution in [0.15, 0.2) is 30.3 Å². The second-order valence-electron chi connectivity index (χ2n) is 4.20. The zero-order chi connectivity index (χ0) is 12.6. The summed E-state index contributed by atoms with van der Waals surface area (Å²) in [4.78, 5) is 12.3. The van der Waals surface area contributed by atoms with Gasteiger partial charge in [-0.25, -0.2) is 0 Å². The lowest BCUT2D eigenvalue weighted by Gasteiger charge is -2.06. The van der Waals surface area contributed by atoms with Crippen LogP contribution in [0, 0.1) is 0 Å². The van der Waals surface area contributed by atoms with Crippen LogP contribution in [0.1, 0.15) is 12.5 Å². The standard InChI is InChI=1S/C12H12F3NO/c1-8(17)10-11(12(13,14)15)16(10)7-9-5-3-2-4-6-9/h2-6,10-11H,7H2,1H3/t10?,11-,16?/m0/s1. The zero-order valence-corrected chi connectivity index (χ0v) is 9.24. The molecular weight excluding hydrogens is 231 g/mol. The first-order chi connectivity index (χ1) is 7.91. The number of Topliss-reactive ketones (excluding diaryl/α,β-unsaturated/α-hetero) is 1. The number of rotatable bonds is 3. The van der Waals surface area contributed by atoms with Crippen LogP contribution in [0.2, 0.25) is 0 Å². The Labute approximate surface area is 97.0 Å². The summed E-state index contributed by atoms with van der Waals surface area (Å²) in [7, 11) is 0. The molecule has 1 heterocycles. The third-order valence-electron chi connectivity index (χ3n) is 2.88. The largest absolute Gasteiger partial charge is 0.406 e. The number of carbonyl (C=O) groups is 1. The molecule has 5 heteroatoms. The molecule has 92 valence electrons. The fourth-order valence-corrected chi connectivity index (χ4v) is 2.09. The highest BCUT2D eigenvalue weighted by Gasteiger charge is 2.64. The first-order valence-electron chi connectivity index (χ1n) is 5.28. The highest BCUT2D eigenvalue weighted by molar-refractivity contribution is 5.85. The van der Waals surface area contributed by atoms with E-state index >= 15 is 0 Å². The van der Waals surface area contributed by atoms with Crippen LogP contribution in [-0.2, 0) is 11.3 Å². The van der Waals surface area contributed by atoms with Crippen molar-refractivity contribution in [3.8, 4) is 0 Å². The van der Waals surface area contributed by atoms with Crippen molar-refractivity contribution < 1.29 is 18.0 Å². The van der Waals surface area contributed by atoms with Crippen molar-refractivity contribution in [1.29, 1.82) is 0 Å². The molecule has 1 aromatic carbocycles. The monoisotopic (exact) mass is 243 g/mol. The summed E-state index contributed by atoms with van der Waals surface area (Å²) < 4.78 is 37.8. The molecular formula is C12H12F3NO. The lowest BCUT2D eigenvalue weighted by atomic mass is 10.2. The normalized spacial score (nSPS) is 27.9. The summed E-state index contributed by atoms with van der Waals surface area (Å²) in [5.41, 5.74) is 0.783. The van der Waals surface area contributed by atoms with Gasteiger partial charge in [0.05, 0.1) is 6.04 Å². The maximum atomic E-state index is 12.6. The van der Waals surface area contributed by atoms with Crippen LogP contribution >= 0.6 is 0 Å². The van der Waals surface area contributed by atoms with E-state index in [1.165, 1.54) is 11.8 Å². The average Bonchev–Trinajstić information content (AvgIpc) is 2.93. The summed E-state index contributed by atoms with van der Waals surface area (Å²) >= 11 is 0. The molecule has 0 radical (unpaired) electrons. The number of hydrogen-bond acceptors (Lipinski definition) is 2. The van der Waals surface area contributed by atoms with Gasteiger partial charge in [0, 0.05) is 6.54 Å². The van der Waals surface area contributed by atoms with E-state index in [2.05, 4.69) is 0 Å². The van der Waals surface area contributed by atoms with Gasteiger partial charge in [0.15, 0.2) is 0 Å². The number of nitrogens with zero attached hydrogens (tertiary/aromatic N) is 1. The molecule has 0 spiro atoms. The number of ketones is 1. The molecule has 0 aromatic heterocycles. The molecule has 1 fully saturated rings. The Balaban J connectivity index is 2.09. The minimum Gasteiger partial charge on any atom is -0.298 e. The minimum absolute atomic E-state index is 0.162. The van der Waals surface area contributed by atoms with Crippen molar-refractivity contribution >= 4 is 5.78 Å². The van der Waals surface area contributed by atoms with Crippen LogP contribution in [-0.4, -0.2) is 28.9 Å². The van der Waals surface area contributed by atoms with E-state index in [9.17, 15) is 18.0 Å². The van der Waals surface area contributed by atoms with Crippen LogP contribution in [0.5, 0.6) is 0 Å². The van der Waals surface area contributed by atoms with Crippen LogP contribution in [0.3, 0.4) is 0 Å². The summed E-state index contributed by atoms with van der Waals surface area (Å²) in [5.74, 6) is -0.428. The van der Waals surface area contributed by atoms with Gasteiger partial charge in [-0.3, -0.25) is 9.69 Å². The lowest BCUT2D eigenvalue weighted by Crippen LogP contribution is -2.22. The van der Waals surface area contributed by atoms with Crippen molar-refractivity contribution in [3.63, 3.8) is 0 Å². The van der Waals surface area contributed by atoms with Gasteiger partial charge in [0.1, 0.15) is 11.8 Å². The van der Waals surface area contributed by atoms with E-state index < -0.39 is 24.0 Å². The third-order valence-corrected chi connectivity index (χ3v) is 2.88. The van der Waals surface area contributed by atoms with Crippen molar-refractivity contribution in [2.45, 2.75) is 31.7 Å². The van der Waals surface area contributed by atoms with Gasteiger partial charge >= 0.3 is 6.18 Å². The molecule has 2 rings (SSSR count). The SMILES string of the molecule is CC(=O)C1[C@@H](C(F)(F)F)N1Cc1ccccc1. The highest BCUT2D eigenvalue weighted by Crippen LogP contribution is 2.42. The van der Waals surface area contributed by atoms with Gasteiger partial charge in [-0.2, -0.15) is 13.2 Å². The molecule has 1 saturated heterocycles. The van der Waals surface area contributed by atoms with E-state index in [1.807, 2.05) is 0 Å². The molecule has 0 bridgehead atoms. The number of halogens is 3. The van der Waals surface area contributed by atoms with Crippen molar-refractivity contribution in [2.75, 3.05) is 0 Å². The smallest absolute Gasteiger partial charge is 0.298 e. The molecule has 0 N–H and O–H groups in total. The first-order valence-corrected chi connectivity index (χ1v) is 5.28. The second-order valence-corrected chi connectivity index (χ2v) is 4.20. The quantitative estimate of drug-likeness (QED) is 0.760. The van der Waals surface area contributed by atoms with Gasteiger partial charge in [-0.05, 0) is 12.5 Å². The van der Waals surface area contributed by atoms with Crippen LogP contribution in [0.4, 0.5) is 13.2 Å². The summed E-state index contributed by atoms with van der Waals surface area (Å²) in [6, 6.07) is 6.23. The Bertz CT molecular complexity index is 416. The molecule has 0 saturated carbocycles. The number of benzene rings is 1. The van der Waals surface area contributed by atoms with Gasteiger partial charge in [-0.15, -0.1) is 0 Å². The van der Waals surface area contributed by atoms with Gasteiger partial charge in [-0.1, -0.05) is 30.3 Å². The van der Waals surface area contributed by atoms with Crippen LogP contribution in [0.25, 0.3) is 0 Å². The topological polar surface area (TPSA) is 20.1 Å². The predicted molar refractivity (Wildman–Crippen MR) is 56.3 cm³/mol. The molecule has 1 aliphatic rings. The van der Waals surface area contributed by atoms with Crippen LogP contribution < -0.4 is 0 Å². The lowest BCUT2D eigenvalue weighted by molar-refractivity contribution is -0.139. The molecule has 1 aromatic rings. The minimum atomic E-state index is -4.33. The van der Waals surface area contributed by atoms with E-state index in [4.69, 9.17) is 0 Å².